The fraction of sp³-hybridized carbons (Fsp3) is 0. The number of aromatic amines is 1. The summed E-state index contributed by atoms with van der Waals surface area (Å²) in [4.78, 5) is 0. The number of hydrogen-bond acceptors (Lipinski definition) is 3. The molecule has 0 amide bonds. The molecular weight excluding hydrogens is 178 g/mol. The summed E-state index contributed by atoms with van der Waals surface area (Å²) in [5, 5.41) is 6.81. The van der Waals surface area contributed by atoms with Crippen LogP contribution in [0.3, 0.4) is 0 Å². The van der Waals surface area contributed by atoms with Crippen LogP contribution in [0.2, 0.25) is 5.22 Å². The van der Waals surface area contributed by atoms with Crippen LogP contribution in [-0.4, -0.2) is 10.2 Å². The summed E-state index contributed by atoms with van der Waals surface area (Å²) in [5.41, 5.74) is 6.13. The maximum absolute atomic E-state index is 5.58. The van der Waals surface area contributed by atoms with Crippen molar-refractivity contribution in [2.75, 3.05) is 5.73 Å². The highest BCUT2D eigenvalue weighted by molar-refractivity contribution is 6.28. The van der Waals surface area contributed by atoms with Gasteiger partial charge in [-0.15, -0.1) is 0 Å². The Hall–Kier alpha value is -1.42. The molecule has 0 saturated heterocycles. The number of furan rings is 1. The molecule has 62 valence electrons. The Morgan fingerprint density at radius 1 is 1.50 bits per heavy atom. The van der Waals surface area contributed by atoms with Crippen molar-refractivity contribution in [2.45, 2.75) is 0 Å². The fourth-order valence-electron chi connectivity index (χ4n) is 0.922. The first-order valence-electron chi connectivity index (χ1n) is 3.32. The molecule has 2 aromatic heterocycles. The first kappa shape index (κ1) is 7.24. The largest absolute Gasteiger partial charge is 0.443 e. The molecular formula is C7H6ClN3O. The van der Waals surface area contributed by atoms with Gasteiger partial charge in [0.05, 0.1) is 0 Å². The maximum atomic E-state index is 5.58. The van der Waals surface area contributed by atoms with Gasteiger partial charge < -0.3 is 10.2 Å². The lowest BCUT2D eigenvalue weighted by atomic mass is 10.3. The highest BCUT2D eigenvalue weighted by Crippen LogP contribution is 2.23. The van der Waals surface area contributed by atoms with Crippen LogP contribution < -0.4 is 5.73 Å². The number of H-pyrrole nitrogens is 1. The first-order chi connectivity index (χ1) is 5.75. The summed E-state index contributed by atoms with van der Waals surface area (Å²) in [6.07, 6.45) is 0. The van der Waals surface area contributed by atoms with Crippen LogP contribution in [0.5, 0.6) is 0 Å². The van der Waals surface area contributed by atoms with Gasteiger partial charge in [0.2, 0.25) is 0 Å². The van der Waals surface area contributed by atoms with Crippen molar-refractivity contribution in [1.29, 1.82) is 0 Å². The molecule has 2 heterocycles. The van der Waals surface area contributed by atoms with E-state index in [-0.39, 0.29) is 0 Å². The zero-order chi connectivity index (χ0) is 8.55. The van der Waals surface area contributed by atoms with Crippen molar-refractivity contribution < 1.29 is 4.42 Å². The summed E-state index contributed by atoms with van der Waals surface area (Å²) < 4.78 is 5.12. The number of nitrogen functional groups attached to an aromatic ring is 1. The van der Waals surface area contributed by atoms with E-state index in [9.17, 15) is 0 Å². The van der Waals surface area contributed by atoms with Crippen molar-refractivity contribution in [3.63, 3.8) is 0 Å². The predicted octanol–water partition coefficient (Wildman–Crippen LogP) is 1.91. The van der Waals surface area contributed by atoms with Gasteiger partial charge in [0.15, 0.2) is 11.0 Å². The van der Waals surface area contributed by atoms with Gasteiger partial charge in [-0.25, -0.2) is 0 Å². The van der Waals surface area contributed by atoms with Gasteiger partial charge in [-0.2, -0.15) is 5.10 Å². The van der Waals surface area contributed by atoms with E-state index in [0.717, 1.165) is 5.69 Å². The molecule has 0 saturated carbocycles. The Morgan fingerprint density at radius 3 is 2.83 bits per heavy atom. The molecule has 0 spiro atoms. The zero-order valence-electron chi connectivity index (χ0n) is 6.04. The van der Waals surface area contributed by atoms with Crippen molar-refractivity contribution in [3.8, 4) is 11.5 Å². The molecule has 12 heavy (non-hydrogen) atoms. The topological polar surface area (TPSA) is 67.8 Å². The minimum atomic E-state index is 0.346. The van der Waals surface area contributed by atoms with Gasteiger partial charge in [-0.3, -0.25) is 5.10 Å². The second-order valence-electron chi connectivity index (χ2n) is 2.31. The number of nitrogens with zero attached hydrogens (tertiary/aromatic N) is 1. The monoisotopic (exact) mass is 183 g/mol. The van der Waals surface area contributed by atoms with Gasteiger partial charge in [0.1, 0.15) is 11.5 Å². The molecule has 0 bridgehead atoms. The molecule has 0 unspecified atom stereocenters. The zero-order valence-corrected chi connectivity index (χ0v) is 6.80. The van der Waals surface area contributed by atoms with E-state index >= 15 is 0 Å². The van der Waals surface area contributed by atoms with Crippen LogP contribution in [0.4, 0.5) is 5.82 Å². The summed E-state index contributed by atoms with van der Waals surface area (Å²) in [6, 6.07) is 5.08. The summed E-state index contributed by atoms with van der Waals surface area (Å²) in [7, 11) is 0. The molecule has 0 aliphatic rings. The van der Waals surface area contributed by atoms with Crippen LogP contribution in [-0.2, 0) is 0 Å². The number of hydrogen-bond donors (Lipinski definition) is 2. The SMILES string of the molecule is Nc1cc(-c2ccc(Cl)o2)[nH]n1. The molecule has 4 nitrogen and oxygen atoms in total. The van der Waals surface area contributed by atoms with Crippen molar-refractivity contribution in [2.24, 2.45) is 0 Å². The van der Waals surface area contributed by atoms with Gasteiger partial charge in [0.25, 0.3) is 0 Å². The second-order valence-corrected chi connectivity index (χ2v) is 2.68. The quantitative estimate of drug-likeness (QED) is 0.710. The molecule has 0 fully saturated rings. The van der Waals surface area contributed by atoms with Crippen LogP contribution in [0.1, 0.15) is 0 Å². The average Bonchev–Trinajstić information content (AvgIpc) is 2.58. The third-order valence-corrected chi connectivity index (χ3v) is 1.64. The highest BCUT2D eigenvalue weighted by Gasteiger charge is 2.05. The first-order valence-corrected chi connectivity index (χ1v) is 3.70. The van der Waals surface area contributed by atoms with E-state index in [1.54, 1.807) is 18.2 Å². The van der Waals surface area contributed by atoms with Crippen LogP contribution >= 0.6 is 11.6 Å². The van der Waals surface area contributed by atoms with E-state index in [1.165, 1.54) is 0 Å². The minimum absolute atomic E-state index is 0.346. The van der Waals surface area contributed by atoms with E-state index in [2.05, 4.69) is 10.2 Å². The van der Waals surface area contributed by atoms with Crippen molar-refractivity contribution >= 4 is 17.4 Å². The number of nitrogens with one attached hydrogen (secondary N) is 1. The lowest BCUT2D eigenvalue weighted by Crippen LogP contribution is -1.81. The van der Waals surface area contributed by atoms with Gasteiger partial charge >= 0.3 is 0 Å². The van der Waals surface area contributed by atoms with E-state index in [4.69, 9.17) is 21.8 Å². The number of anilines is 1. The number of aromatic nitrogens is 2. The molecule has 2 rings (SSSR count). The minimum Gasteiger partial charge on any atom is -0.443 e. The highest BCUT2D eigenvalue weighted by atomic mass is 35.5. The Morgan fingerprint density at radius 2 is 2.33 bits per heavy atom. The smallest absolute Gasteiger partial charge is 0.194 e. The average molecular weight is 184 g/mol. The van der Waals surface area contributed by atoms with Gasteiger partial charge in [0, 0.05) is 6.07 Å². The van der Waals surface area contributed by atoms with Crippen molar-refractivity contribution in [1.82, 2.24) is 10.2 Å². The van der Waals surface area contributed by atoms with Crippen LogP contribution in [0, 0.1) is 0 Å². The van der Waals surface area contributed by atoms with Crippen LogP contribution in [0.15, 0.2) is 22.6 Å². The van der Waals surface area contributed by atoms with Gasteiger partial charge in [-0.05, 0) is 23.7 Å². The molecule has 0 aliphatic heterocycles. The van der Waals surface area contributed by atoms with E-state index in [0.29, 0.717) is 16.8 Å². The fourth-order valence-corrected chi connectivity index (χ4v) is 1.07. The summed E-state index contributed by atoms with van der Waals surface area (Å²) in [6.45, 7) is 0. The molecule has 0 radical (unpaired) electrons. The standard InChI is InChI=1S/C7H6ClN3O/c8-6-2-1-5(12-6)4-3-7(9)11-10-4/h1-3H,(H3,9,10,11). The third-order valence-electron chi connectivity index (χ3n) is 1.44. The summed E-state index contributed by atoms with van der Waals surface area (Å²) in [5.74, 6) is 1.06. The molecule has 0 aliphatic carbocycles. The second kappa shape index (κ2) is 2.57. The lowest BCUT2D eigenvalue weighted by Gasteiger charge is -1.86. The number of halogens is 1. The van der Waals surface area contributed by atoms with Gasteiger partial charge in [-0.1, -0.05) is 0 Å². The van der Waals surface area contributed by atoms with E-state index < -0.39 is 0 Å². The maximum Gasteiger partial charge on any atom is 0.194 e. The number of rotatable bonds is 1. The summed E-state index contributed by atoms with van der Waals surface area (Å²) >= 11 is 5.58. The number of nitrogens with two attached hydrogens (primary N) is 1. The molecule has 2 aromatic rings. The normalized spacial score (nSPS) is 10.4. The molecule has 0 aromatic carbocycles. The Bertz CT molecular complexity index is 355. The Balaban J connectivity index is 2.43. The van der Waals surface area contributed by atoms with Crippen molar-refractivity contribution in [3.05, 3.63) is 23.4 Å². The third kappa shape index (κ3) is 1.16. The lowest BCUT2D eigenvalue weighted by molar-refractivity contribution is 0.582. The molecule has 5 heteroatoms. The van der Waals surface area contributed by atoms with Crippen LogP contribution in [0.25, 0.3) is 11.5 Å². The van der Waals surface area contributed by atoms with E-state index in [1.807, 2.05) is 0 Å². The predicted molar refractivity (Wildman–Crippen MR) is 45.7 cm³/mol. The molecule has 0 atom stereocenters. The Kier molecular flexibility index (Phi) is 1.55. The molecule has 3 N–H and O–H groups in total. The Labute approximate surface area is 73.3 Å².